The fourth-order valence-corrected chi connectivity index (χ4v) is 1.40. The van der Waals surface area contributed by atoms with Gasteiger partial charge in [-0.25, -0.2) is 0 Å². The van der Waals surface area contributed by atoms with Crippen LogP contribution in [-0.2, 0) is 4.74 Å². The lowest BCUT2D eigenvalue weighted by Crippen LogP contribution is -2.09. The van der Waals surface area contributed by atoms with E-state index in [1.165, 1.54) is 0 Å². The van der Waals surface area contributed by atoms with Gasteiger partial charge in [-0.1, -0.05) is 30.3 Å². The minimum Gasteiger partial charge on any atom is -0.391 e. The van der Waals surface area contributed by atoms with E-state index in [9.17, 15) is 5.11 Å². The fraction of sp³-hybridized carbons (Fsp3) is 0.400. The molecule has 1 aliphatic heterocycles. The molecule has 2 nitrogen and oxygen atoms in total. The number of aliphatic hydroxyl groups excluding tert-OH is 1. The van der Waals surface area contributed by atoms with Crippen molar-refractivity contribution in [3.63, 3.8) is 0 Å². The van der Waals surface area contributed by atoms with Crippen LogP contribution in [0.3, 0.4) is 0 Å². The molecular weight excluding hydrogens is 152 g/mol. The quantitative estimate of drug-likeness (QED) is 0.672. The fourth-order valence-electron chi connectivity index (χ4n) is 1.40. The maximum Gasteiger partial charge on any atom is 0.114 e. The van der Waals surface area contributed by atoms with Crippen LogP contribution < -0.4 is 0 Å². The van der Waals surface area contributed by atoms with E-state index in [1.807, 2.05) is 30.3 Å². The van der Waals surface area contributed by atoms with Gasteiger partial charge in [-0.15, -0.1) is 0 Å². The summed E-state index contributed by atoms with van der Waals surface area (Å²) in [5.41, 5.74) is 1.16. The zero-order valence-corrected chi connectivity index (χ0v) is 6.97. The zero-order valence-electron chi connectivity index (χ0n) is 6.97. The molecule has 0 aliphatic carbocycles. The third-order valence-corrected chi connectivity index (χ3v) is 2.13. The minimum absolute atomic E-state index is 0.00685. The second kappa shape index (κ2) is 2.88. The second-order valence-corrected chi connectivity index (χ2v) is 3.17. The van der Waals surface area contributed by atoms with Crippen molar-refractivity contribution in [1.29, 1.82) is 0 Å². The van der Waals surface area contributed by atoms with Crippen molar-refractivity contribution in [3.8, 4) is 0 Å². The van der Waals surface area contributed by atoms with Gasteiger partial charge in [-0.05, 0) is 12.5 Å². The number of benzene rings is 1. The van der Waals surface area contributed by atoms with Gasteiger partial charge in [0.2, 0.25) is 0 Å². The molecule has 1 heterocycles. The summed E-state index contributed by atoms with van der Waals surface area (Å²) in [6.45, 7) is 1.76. The van der Waals surface area contributed by atoms with Crippen molar-refractivity contribution in [1.82, 2.24) is 0 Å². The Bertz CT molecular complexity index is 256. The van der Waals surface area contributed by atoms with E-state index in [-0.39, 0.29) is 18.3 Å². The maximum atomic E-state index is 9.20. The highest BCUT2D eigenvalue weighted by atomic mass is 16.6. The summed E-state index contributed by atoms with van der Waals surface area (Å²) in [5, 5.41) is 9.20. The SMILES string of the molecule is C[C@H](O)[C@@H]1O[C@H]1c1ccccc1. The lowest BCUT2D eigenvalue weighted by Gasteiger charge is -1.97. The molecule has 0 unspecified atom stereocenters. The van der Waals surface area contributed by atoms with Gasteiger partial charge in [-0.3, -0.25) is 0 Å². The van der Waals surface area contributed by atoms with Gasteiger partial charge in [0.25, 0.3) is 0 Å². The van der Waals surface area contributed by atoms with Crippen molar-refractivity contribution in [3.05, 3.63) is 35.9 Å². The van der Waals surface area contributed by atoms with Crippen molar-refractivity contribution in [2.75, 3.05) is 0 Å². The van der Waals surface area contributed by atoms with E-state index >= 15 is 0 Å². The van der Waals surface area contributed by atoms with Crippen LogP contribution in [0.15, 0.2) is 30.3 Å². The number of rotatable bonds is 2. The lowest BCUT2D eigenvalue weighted by molar-refractivity contribution is 0.152. The normalized spacial score (nSPS) is 29.8. The predicted molar refractivity (Wildman–Crippen MR) is 45.7 cm³/mol. The highest BCUT2D eigenvalue weighted by Crippen LogP contribution is 2.40. The minimum atomic E-state index is -0.366. The molecule has 1 aromatic carbocycles. The van der Waals surface area contributed by atoms with Crippen LogP contribution in [-0.4, -0.2) is 17.3 Å². The Morgan fingerprint density at radius 3 is 2.50 bits per heavy atom. The van der Waals surface area contributed by atoms with Gasteiger partial charge < -0.3 is 9.84 Å². The van der Waals surface area contributed by atoms with Gasteiger partial charge in [0.15, 0.2) is 0 Å². The molecule has 2 heteroatoms. The van der Waals surface area contributed by atoms with Crippen molar-refractivity contribution in [2.24, 2.45) is 0 Å². The standard InChI is InChI=1S/C10H12O2/c1-7(11)9-10(12-9)8-5-3-2-4-6-8/h2-7,9-11H,1H3/t7-,9-,10-/m0/s1. The first-order valence-electron chi connectivity index (χ1n) is 4.17. The first kappa shape index (κ1) is 7.77. The Kier molecular flexibility index (Phi) is 1.87. The molecule has 1 aliphatic rings. The van der Waals surface area contributed by atoms with Crippen LogP contribution in [0.4, 0.5) is 0 Å². The van der Waals surface area contributed by atoms with E-state index in [0.29, 0.717) is 0 Å². The highest BCUT2D eigenvalue weighted by molar-refractivity contribution is 5.22. The van der Waals surface area contributed by atoms with Crippen molar-refractivity contribution >= 4 is 0 Å². The smallest absolute Gasteiger partial charge is 0.114 e. The summed E-state index contributed by atoms with van der Waals surface area (Å²) < 4.78 is 5.31. The molecule has 0 aromatic heterocycles. The first-order chi connectivity index (χ1) is 5.79. The summed E-state index contributed by atoms with van der Waals surface area (Å²) in [6.07, 6.45) is -0.242. The third kappa shape index (κ3) is 1.36. The van der Waals surface area contributed by atoms with Gasteiger partial charge in [0.1, 0.15) is 12.2 Å². The van der Waals surface area contributed by atoms with E-state index < -0.39 is 0 Å². The van der Waals surface area contributed by atoms with Crippen LogP contribution in [0, 0.1) is 0 Å². The number of hydrogen-bond acceptors (Lipinski definition) is 2. The Labute approximate surface area is 71.8 Å². The topological polar surface area (TPSA) is 32.8 Å². The molecule has 0 spiro atoms. The van der Waals surface area contributed by atoms with E-state index in [2.05, 4.69) is 0 Å². The number of ether oxygens (including phenoxy) is 1. The van der Waals surface area contributed by atoms with Crippen LogP contribution in [0.1, 0.15) is 18.6 Å². The van der Waals surface area contributed by atoms with Crippen LogP contribution >= 0.6 is 0 Å². The molecule has 1 N–H and O–H groups in total. The largest absolute Gasteiger partial charge is 0.391 e. The summed E-state index contributed by atoms with van der Waals surface area (Å²) in [7, 11) is 0. The summed E-state index contributed by atoms with van der Waals surface area (Å²) in [4.78, 5) is 0. The van der Waals surface area contributed by atoms with E-state index in [4.69, 9.17) is 4.74 Å². The first-order valence-corrected chi connectivity index (χ1v) is 4.17. The molecule has 0 radical (unpaired) electrons. The number of hydrogen-bond donors (Lipinski definition) is 1. The second-order valence-electron chi connectivity index (χ2n) is 3.17. The van der Waals surface area contributed by atoms with Gasteiger partial charge in [0.05, 0.1) is 6.10 Å². The molecule has 12 heavy (non-hydrogen) atoms. The molecule has 0 saturated carbocycles. The summed E-state index contributed by atoms with van der Waals surface area (Å²) in [6, 6.07) is 9.98. The van der Waals surface area contributed by atoms with Gasteiger partial charge in [0, 0.05) is 0 Å². The molecule has 64 valence electrons. The average Bonchev–Trinajstić information content (AvgIpc) is 2.84. The predicted octanol–water partition coefficient (Wildman–Crippen LogP) is 1.51. The Morgan fingerprint density at radius 2 is 2.00 bits per heavy atom. The molecule has 0 bridgehead atoms. The Balaban J connectivity index is 2.06. The monoisotopic (exact) mass is 164 g/mol. The molecule has 1 saturated heterocycles. The highest BCUT2D eigenvalue weighted by Gasteiger charge is 2.43. The maximum absolute atomic E-state index is 9.20. The Morgan fingerprint density at radius 1 is 1.33 bits per heavy atom. The number of epoxide rings is 1. The molecule has 1 aromatic rings. The van der Waals surface area contributed by atoms with Gasteiger partial charge in [-0.2, -0.15) is 0 Å². The van der Waals surface area contributed by atoms with E-state index in [0.717, 1.165) is 5.56 Å². The van der Waals surface area contributed by atoms with Crippen molar-refractivity contribution < 1.29 is 9.84 Å². The van der Waals surface area contributed by atoms with Crippen LogP contribution in [0.5, 0.6) is 0 Å². The molecule has 1 fully saturated rings. The van der Waals surface area contributed by atoms with E-state index in [1.54, 1.807) is 6.92 Å². The molecule has 3 atom stereocenters. The molecular formula is C10H12O2. The number of aliphatic hydroxyl groups is 1. The summed E-state index contributed by atoms with van der Waals surface area (Å²) in [5.74, 6) is 0. The zero-order chi connectivity index (χ0) is 8.55. The lowest BCUT2D eigenvalue weighted by atomic mass is 10.1. The Hall–Kier alpha value is -0.860. The molecule has 2 rings (SSSR count). The van der Waals surface area contributed by atoms with Crippen LogP contribution in [0.2, 0.25) is 0 Å². The van der Waals surface area contributed by atoms with Crippen LogP contribution in [0.25, 0.3) is 0 Å². The van der Waals surface area contributed by atoms with Gasteiger partial charge >= 0.3 is 0 Å². The van der Waals surface area contributed by atoms with Crippen molar-refractivity contribution in [2.45, 2.75) is 25.2 Å². The third-order valence-electron chi connectivity index (χ3n) is 2.13. The average molecular weight is 164 g/mol. The molecule has 0 amide bonds. The summed E-state index contributed by atoms with van der Waals surface area (Å²) >= 11 is 0.